The molecule has 0 saturated carbocycles. The second-order valence-corrected chi connectivity index (χ2v) is 6.49. The number of nitrogens with one attached hydrogen (secondary N) is 3. The minimum atomic E-state index is -0.165. The Labute approximate surface area is 147 Å². The molecule has 2 heterocycles. The summed E-state index contributed by atoms with van der Waals surface area (Å²) in [6.45, 7) is 4.29. The van der Waals surface area contributed by atoms with Gasteiger partial charge in [0.2, 0.25) is 0 Å². The van der Waals surface area contributed by atoms with E-state index in [0.29, 0.717) is 36.0 Å². The van der Waals surface area contributed by atoms with Gasteiger partial charge in [-0.1, -0.05) is 12.1 Å². The molecule has 1 fully saturated rings. The number of carbonyl (C=O) groups is 1. The van der Waals surface area contributed by atoms with Gasteiger partial charge in [0.05, 0.1) is 0 Å². The van der Waals surface area contributed by atoms with Crippen molar-refractivity contribution in [3.63, 3.8) is 0 Å². The molecule has 1 aromatic carbocycles. The van der Waals surface area contributed by atoms with E-state index < -0.39 is 0 Å². The molecular weight excluding hydrogens is 316 g/mol. The van der Waals surface area contributed by atoms with Crippen LogP contribution in [-0.2, 0) is 6.42 Å². The van der Waals surface area contributed by atoms with Crippen molar-refractivity contribution in [1.82, 2.24) is 20.6 Å². The fraction of sp³-hybridized carbons (Fsp3) is 0.421. The molecule has 0 radical (unpaired) electrons. The minimum absolute atomic E-state index is 0.102. The molecule has 3 N–H and O–H groups in total. The number of H-pyrrole nitrogens is 1. The Hall–Kier alpha value is -2.47. The average molecular weight is 340 g/mol. The summed E-state index contributed by atoms with van der Waals surface area (Å²) in [6, 6.07) is 9.33. The third kappa shape index (κ3) is 4.76. The highest BCUT2D eigenvalue weighted by atomic mass is 16.1. The maximum absolute atomic E-state index is 12.2. The number of aromatic nitrogens is 2. The first-order valence-electron chi connectivity index (χ1n) is 8.77. The van der Waals surface area contributed by atoms with Gasteiger partial charge in [-0.2, -0.15) is 0 Å². The molecular formula is C19H24N4O2. The van der Waals surface area contributed by atoms with E-state index in [0.717, 1.165) is 13.1 Å². The van der Waals surface area contributed by atoms with Crippen LogP contribution in [0.15, 0.2) is 35.1 Å². The zero-order valence-corrected chi connectivity index (χ0v) is 14.5. The summed E-state index contributed by atoms with van der Waals surface area (Å²) in [5.41, 5.74) is 2.46. The van der Waals surface area contributed by atoms with Crippen LogP contribution in [0.5, 0.6) is 0 Å². The minimum Gasteiger partial charge on any atom is -0.352 e. The predicted molar refractivity (Wildman–Crippen MR) is 96.9 cm³/mol. The molecule has 0 spiro atoms. The Morgan fingerprint density at radius 1 is 1.32 bits per heavy atom. The quantitative estimate of drug-likeness (QED) is 0.770. The molecule has 1 amide bonds. The Morgan fingerprint density at radius 2 is 2.12 bits per heavy atom. The van der Waals surface area contributed by atoms with Crippen LogP contribution >= 0.6 is 0 Å². The van der Waals surface area contributed by atoms with Crippen molar-refractivity contribution in [3.05, 3.63) is 63.3 Å². The van der Waals surface area contributed by atoms with Crippen molar-refractivity contribution in [3.8, 4) is 0 Å². The van der Waals surface area contributed by atoms with Gasteiger partial charge in [-0.3, -0.25) is 9.59 Å². The lowest BCUT2D eigenvalue weighted by Crippen LogP contribution is -2.28. The van der Waals surface area contributed by atoms with Gasteiger partial charge in [-0.15, -0.1) is 0 Å². The maximum Gasteiger partial charge on any atom is 0.251 e. The number of rotatable bonds is 5. The summed E-state index contributed by atoms with van der Waals surface area (Å²) in [6.07, 6.45) is 2.92. The molecule has 1 aromatic heterocycles. The van der Waals surface area contributed by atoms with Gasteiger partial charge in [-0.25, -0.2) is 4.98 Å². The van der Waals surface area contributed by atoms with Crippen LogP contribution in [0.25, 0.3) is 0 Å². The van der Waals surface area contributed by atoms with Crippen molar-refractivity contribution in [2.45, 2.75) is 32.1 Å². The zero-order chi connectivity index (χ0) is 17.6. The van der Waals surface area contributed by atoms with Gasteiger partial charge < -0.3 is 15.6 Å². The molecule has 1 atom stereocenters. The Bertz CT molecular complexity index is 777. The summed E-state index contributed by atoms with van der Waals surface area (Å²) in [5.74, 6) is 1.02. The lowest BCUT2D eigenvalue weighted by atomic mass is 9.91. The van der Waals surface area contributed by atoms with Gasteiger partial charge in [-0.05, 0) is 49.9 Å². The van der Waals surface area contributed by atoms with Crippen LogP contribution in [0.3, 0.4) is 0 Å². The second-order valence-electron chi connectivity index (χ2n) is 6.49. The number of benzene rings is 1. The summed E-state index contributed by atoms with van der Waals surface area (Å²) >= 11 is 0. The summed E-state index contributed by atoms with van der Waals surface area (Å²) in [5, 5.41) is 6.29. The molecule has 0 bridgehead atoms. The largest absolute Gasteiger partial charge is 0.352 e. The highest BCUT2D eigenvalue weighted by Crippen LogP contribution is 2.23. The maximum atomic E-state index is 12.2. The lowest BCUT2D eigenvalue weighted by Gasteiger charge is -2.23. The number of nitrogens with zero attached hydrogens (tertiary/aromatic N) is 1. The van der Waals surface area contributed by atoms with Gasteiger partial charge in [0.25, 0.3) is 11.5 Å². The number of aromatic amines is 1. The van der Waals surface area contributed by atoms with Gasteiger partial charge in [0.15, 0.2) is 0 Å². The van der Waals surface area contributed by atoms with E-state index in [1.165, 1.54) is 24.5 Å². The van der Waals surface area contributed by atoms with Gasteiger partial charge >= 0.3 is 0 Å². The van der Waals surface area contributed by atoms with Crippen molar-refractivity contribution in [2.24, 2.45) is 0 Å². The zero-order valence-electron chi connectivity index (χ0n) is 14.5. The first kappa shape index (κ1) is 17.4. The van der Waals surface area contributed by atoms with Crippen LogP contribution in [0.1, 0.15) is 46.2 Å². The fourth-order valence-electron chi connectivity index (χ4n) is 3.22. The summed E-state index contributed by atoms with van der Waals surface area (Å²) in [7, 11) is 0. The van der Waals surface area contributed by atoms with E-state index in [2.05, 4.69) is 20.6 Å². The molecule has 1 saturated heterocycles. The highest BCUT2D eigenvalue weighted by molar-refractivity contribution is 5.94. The molecule has 1 aliphatic rings. The standard InChI is InChI=1S/C19H24N4O2/c1-13-22-17(11-18(24)23-13)8-10-21-19(25)15-6-4-14(5-7-15)16-3-2-9-20-12-16/h4-7,11,16,20H,2-3,8-10,12H2,1H3,(H,21,25)(H,22,23,24)/t16-/m0/s1. The number of carbonyl (C=O) groups excluding carboxylic acids is 1. The number of hydrogen-bond donors (Lipinski definition) is 3. The van der Waals surface area contributed by atoms with Crippen LogP contribution in [0.2, 0.25) is 0 Å². The van der Waals surface area contributed by atoms with Gasteiger partial charge in [0.1, 0.15) is 5.82 Å². The Balaban J connectivity index is 1.53. The van der Waals surface area contributed by atoms with Gasteiger partial charge in [0, 0.05) is 36.8 Å². The molecule has 6 nitrogen and oxygen atoms in total. The third-order valence-electron chi connectivity index (χ3n) is 4.52. The van der Waals surface area contributed by atoms with Crippen LogP contribution in [0, 0.1) is 6.92 Å². The number of hydrogen-bond acceptors (Lipinski definition) is 4. The highest BCUT2D eigenvalue weighted by Gasteiger charge is 2.15. The summed E-state index contributed by atoms with van der Waals surface area (Å²) in [4.78, 5) is 30.5. The van der Waals surface area contributed by atoms with Crippen molar-refractivity contribution >= 4 is 5.91 Å². The van der Waals surface area contributed by atoms with E-state index in [1.54, 1.807) is 6.92 Å². The fourth-order valence-corrected chi connectivity index (χ4v) is 3.22. The number of amides is 1. The lowest BCUT2D eigenvalue weighted by molar-refractivity contribution is 0.0954. The molecule has 6 heteroatoms. The average Bonchev–Trinajstić information content (AvgIpc) is 2.62. The van der Waals surface area contributed by atoms with E-state index in [9.17, 15) is 9.59 Å². The summed E-state index contributed by atoms with van der Waals surface area (Å²) < 4.78 is 0. The smallest absolute Gasteiger partial charge is 0.251 e. The Kier molecular flexibility index (Phi) is 5.60. The third-order valence-corrected chi connectivity index (χ3v) is 4.52. The molecule has 0 aliphatic carbocycles. The Morgan fingerprint density at radius 3 is 2.80 bits per heavy atom. The normalized spacial score (nSPS) is 17.2. The first-order valence-corrected chi connectivity index (χ1v) is 8.77. The molecule has 132 valence electrons. The monoisotopic (exact) mass is 340 g/mol. The van der Waals surface area contributed by atoms with Crippen molar-refractivity contribution in [2.75, 3.05) is 19.6 Å². The van der Waals surface area contributed by atoms with Crippen molar-refractivity contribution in [1.29, 1.82) is 0 Å². The molecule has 25 heavy (non-hydrogen) atoms. The first-order chi connectivity index (χ1) is 12.1. The molecule has 0 unspecified atom stereocenters. The molecule has 3 rings (SSSR count). The number of aryl methyl sites for hydroxylation is 1. The second kappa shape index (κ2) is 8.07. The van der Waals surface area contributed by atoms with E-state index >= 15 is 0 Å². The van der Waals surface area contributed by atoms with E-state index in [4.69, 9.17) is 0 Å². The molecule has 1 aliphatic heterocycles. The predicted octanol–water partition coefficient (Wildman–Crippen LogP) is 1.52. The molecule has 2 aromatic rings. The number of piperidine rings is 1. The van der Waals surface area contributed by atoms with Crippen molar-refractivity contribution < 1.29 is 4.79 Å². The topological polar surface area (TPSA) is 86.9 Å². The van der Waals surface area contributed by atoms with E-state index in [1.807, 2.05) is 24.3 Å². The SMILES string of the molecule is Cc1nc(CCNC(=O)c2ccc([C@H]3CCCNC3)cc2)cc(=O)[nH]1. The van der Waals surface area contributed by atoms with E-state index in [-0.39, 0.29) is 11.5 Å². The van der Waals surface area contributed by atoms with Crippen LogP contribution < -0.4 is 16.2 Å². The van der Waals surface area contributed by atoms with Crippen LogP contribution in [-0.4, -0.2) is 35.5 Å². The van der Waals surface area contributed by atoms with Crippen LogP contribution in [0.4, 0.5) is 0 Å².